The molecule has 2 saturated heterocycles. The Morgan fingerprint density at radius 1 is 1.24 bits per heavy atom. The highest BCUT2D eigenvalue weighted by Crippen LogP contribution is 2.39. The van der Waals surface area contributed by atoms with Gasteiger partial charge in [0, 0.05) is 33.0 Å². The first-order chi connectivity index (χ1) is 13.8. The van der Waals surface area contributed by atoms with E-state index in [9.17, 15) is 12.8 Å². The Bertz CT molecular complexity index is 937. The number of ether oxygens (including phenoxy) is 1. The van der Waals surface area contributed by atoms with E-state index in [2.05, 4.69) is 10.1 Å². The zero-order chi connectivity index (χ0) is 20.5. The molecule has 0 bridgehead atoms. The van der Waals surface area contributed by atoms with Gasteiger partial charge in [-0.1, -0.05) is 17.3 Å². The summed E-state index contributed by atoms with van der Waals surface area (Å²) in [4.78, 5) is 4.30. The number of rotatable bonds is 5. The Kier molecular flexibility index (Phi) is 5.72. The number of hydrogen-bond donors (Lipinski definition) is 0. The van der Waals surface area contributed by atoms with Crippen LogP contribution < -0.4 is 0 Å². The van der Waals surface area contributed by atoms with Gasteiger partial charge < -0.3 is 9.26 Å². The van der Waals surface area contributed by atoms with Gasteiger partial charge in [-0.3, -0.25) is 0 Å². The molecule has 0 aliphatic carbocycles. The summed E-state index contributed by atoms with van der Waals surface area (Å²) in [6.45, 7) is 3.34. The van der Waals surface area contributed by atoms with Crippen molar-refractivity contribution < 1.29 is 22.1 Å². The third-order valence-electron chi connectivity index (χ3n) is 5.93. The normalized spacial score (nSPS) is 22.8. The predicted octanol–water partition coefficient (Wildman–Crippen LogP) is 2.85. The molecule has 0 saturated carbocycles. The van der Waals surface area contributed by atoms with Crippen molar-refractivity contribution in [2.45, 2.75) is 50.4 Å². The van der Waals surface area contributed by atoms with Crippen LogP contribution in [0, 0.1) is 18.7 Å². The maximum Gasteiger partial charge on any atom is 0.223 e. The molecule has 29 heavy (non-hydrogen) atoms. The second-order valence-electron chi connectivity index (χ2n) is 8.11. The quantitative estimate of drug-likeness (QED) is 0.735. The number of benzene rings is 1. The van der Waals surface area contributed by atoms with E-state index < -0.39 is 10.0 Å². The van der Waals surface area contributed by atoms with Crippen molar-refractivity contribution in [1.82, 2.24) is 14.4 Å². The number of sulfonamides is 1. The molecule has 158 valence electrons. The highest BCUT2D eigenvalue weighted by atomic mass is 32.2. The molecule has 2 aromatic rings. The van der Waals surface area contributed by atoms with Gasteiger partial charge in [0.25, 0.3) is 0 Å². The molecule has 3 heterocycles. The molecule has 7 nitrogen and oxygen atoms in total. The van der Waals surface area contributed by atoms with Gasteiger partial charge in [-0.05, 0) is 49.3 Å². The van der Waals surface area contributed by atoms with Crippen LogP contribution in [-0.2, 0) is 26.9 Å². The molecule has 2 fully saturated rings. The predicted molar refractivity (Wildman–Crippen MR) is 104 cm³/mol. The second-order valence-corrected chi connectivity index (χ2v) is 10.1. The van der Waals surface area contributed by atoms with Crippen molar-refractivity contribution in [3.05, 3.63) is 47.4 Å². The van der Waals surface area contributed by atoms with Crippen LogP contribution in [0.4, 0.5) is 4.39 Å². The van der Waals surface area contributed by atoms with Crippen LogP contribution in [0.15, 0.2) is 28.8 Å². The van der Waals surface area contributed by atoms with Crippen LogP contribution in [-0.4, -0.2) is 48.2 Å². The second kappa shape index (κ2) is 8.12. The Morgan fingerprint density at radius 3 is 2.62 bits per heavy atom. The summed E-state index contributed by atoms with van der Waals surface area (Å²) in [5.74, 6) is 1.22. The molecule has 1 unspecified atom stereocenters. The van der Waals surface area contributed by atoms with Crippen molar-refractivity contribution in [2.75, 3.05) is 19.7 Å². The largest absolute Gasteiger partial charge is 0.375 e. The van der Waals surface area contributed by atoms with Gasteiger partial charge in [0.15, 0.2) is 5.82 Å². The lowest BCUT2D eigenvalue weighted by Crippen LogP contribution is -2.51. The Morgan fingerprint density at radius 2 is 1.97 bits per heavy atom. The van der Waals surface area contributed by atoms with Crippen molar-refractivity contribution in [3.8, 4) is 0 Å². The maximum atomic E-state index is 13.1. The fourth-order valence-corrected chi connectivity index (χ4v) is 5.92. The summed E-state index contributed by atoms with van der Waals surface area (Å²) in [5.41, 5.74) is 0.319. The standard InChI is InChI=1S/C20H26FN3O4S/c1-15-22-19(23-28-15)12-17-6-11-27-20(13-17)7-9-24(10-8-20)29(25,26)14-16-2-4-18(21)5-3-16/h2-5,17H,6-14H2,1H3. The summed E-state index contributed by atoms with van der Waals surface area (Å²) < 4.78 is 51.4. The van der Waals surface area contributed by atoms with Gasteiger partial charge in [-0.2, -0.15) is 4.98 Å². The molecule has 1 atom stereocenters. The van der Waals surface area contributed by atoms with Gasteiger partial charge >= 0.3 is 0 Å². The van der Waals surface area contributed by atoms with Crippen molar-refractivity contribution in [2.24, 2.45) is 5.92 Å². The first-order valence-corrected chi connectivity index (χ1v) is 11.6. The van der Waals surface area contributed by atoms with Crippen LogP contribution >= 0.6 is 0 Å². The van der Waals surface area contributed by atoms with E-state index in [0.29, 0.717) is 49.9 Å². The average molecular weight is 424 g/mol. The minimum atomic E-state index is -3.44. The van der Waals surface area contributed by atoms with Crippen LogP contribution in [0.5, 0.6) is 0 Å². The summed E-state index contributed by atoms with van der Waals surface area (Å²) in [6, 6.07) is 5.62. The van der Waals surface area contributed by atoms with E-state index in [1.54, 1.807) is 6.92 Å². The van der Waals surface area contributed by atoms with Crippen molar-refractivity contribution in [1.29, 1.82) is 0 Å². The molecule has 1 aromatic carbocycles. The molecule has 9 heteroatoms. The Labute approximate surface area is 170 Å². The van der Waals surface area contributed by atoms with Crippen LogP contribution in [0.25, 0.3) is 0 Å². The zero-order valence-corrected chi connectivity index (χ0v) is 17.3. The molecule has 4 rings (SSSR count). The molecule has 0 amide bonds. The number of hydrogen-bond acceptors (Lipinski definition) is 6. The van der Waals surface area contributed by atoms with E-state index in [0.717, 1.165) is 25.1 Å². The number of piperidine rings is 1. The first-order valence-electron chi connectivity index (χ1n) is 9.99. The van der Waals surface area contributed by atoms with E-state index in [1.165, 1.54) is 28.6 Å². The van der Waals surface area contributed by atoms with Crippen LogP contribution in [0.3, 0.4) is 0 Å². The number of nitrogens with zero attached hydrogens (tertiary/aromatic N) is 3. The minimum absolute atomic E-state index is 0.110. The molecule has 0 N–H and O–H groups in total. The summed E-state index contributed by atoms with van der Waals surface area (Å²) >= 11 is 0. The van der Waals surface area contributed by atoms with Gasteiger partial charge in [0.05, 0.1) is 11.4 Å². The highest BCUT2D eigenvalue weighted by Gasteiger charge is 2.42. The lowest BCUT2D eigenvalue weighted by molar-refractivity contribution is -0.120. The topological polar surface area (TPSA) is 85.5 Å². The number of aromatic nitrogens is 2. The third-order valence-corrected chi connectivity index (χ3v) is 7.78. The summed E-state index contributed by atoms with van der Waals surface area (Å²) in [5, 5.41) is 4.00. The number of halogens is 1. The van der Waals surface area contributed by atoms with Gasteiger partial charge in [-0.15, -0.1) is 0 Å². The zero-order valence-electron chi connectivity index (χ0n) is 16.5. The van der Waals surface area contributed by atoms with Gasteiger partial charge in [-0.25, -0.2) is 17.1 Å². The lowest BCUT2D eigenvalue weighted by atomic mass is 9.78. The van der Waals surface area contributed by atoms with Gasteiger partial charge in [0.1, 0.15) is 5.82 Å². The molecule has 2 aliphatic rings. The molecular formula is C20H26FN3O4S. The summed E-state index contributed by atoms with van der Waals surface area (Å²) in [6.07, 6.45) is 3.94. The van der Waals surface area contributed by atoms with E-state index in [4.69, 9.17) is 9.26 Å². The fourth-order valence-electron chi connectivity index (χ4n) is 4.39. The van der Waals surface area contributed by atoms with Gasteiger partial charge in [0.2, 0.25) is 15.9 Å². The molecule has 1 aromatic heterocycles. The van der Waals surface area contributed by atoms with Crippen molar-refractivity contribution >= 4 is 10.0 Å². The fraction of sp³-hybridized carbons (Fsp3) is 0.600. The monoisotopic (exact) mass is 423 g/mol. The molecule has 2 aliphatic heterocycles. The van der Waals surface area contributed by atoms with E-state index in [1.807, 2.05) is 0 Å². The molecule has 1 spiro atoms. The van der Waals surface area contributed by atoms with E-state index >= 15 is 0 Å². The lowest BCUT2D eigenvalue weighted by Gasteiger charge is -2.45. The third kappa shape index (κ3) is 4.84. The van der Waals surface area contributed by atoms with E-state index in [-0.39, 0.29) is 17.2 Å². The Balaban J connectivity index is 1.35. The minimum Gasteiger partial charge on any atom is -0.375 e. The first kappa shape index (κ1) is 20.4. The SMILES string of the molecule is Cc1nc(CC2CCOC3(CCN(S(=O)(=O)Cc4ccc(F)cc4)CC3)C2)no1. The Hall–Kier alpha value is -1.84. The molecular weight excluding hydrogens is 397 g/mol. The molecule has 0 radical (unpaired) electrons. The van der Waals surface area contributed by atoms with Crippen LogP contribution in [0.1, 0.15) is 43.0 Å². The van der Waals surface area contributed by atoms with Crippen molar-refractivity contribution in [3.63, 3.8) is 0 Å². The number of aryl methyl sites for hydroxylation is 1. The highest BCUT2D eigenvalue weighted by molar-refractivity contribution is 7.88. The average Bonchev–Trinajstić information content (AvgIpc) is 3.08. The smallest absolute Gasteiger partial charge is 0.223 e. The van der Waals surface area contributed by atoms with Crippen LogP contribution in [0.2, 0.25) is 0 Å². The maximum absolute atomic E-state index is 13.1. The summed E-state index contributed by atoms with van der Waals surface area (Å²) in [7, 11) is -3.44.